The molecule has 0 saturated carbocycles. The summed E-state index contributed by atoms with van der Waals surface area (Å²) in [6.07, 6.45) is 10.5. The van der Waals surface area contributed by atoms with Crippen molar-refractivity contribution in [3.63, 3.8) is 0 Å². The van der Waals surface area contributed by atoms with Crippen LogP contribution in [0.15, 0.2) is 73.3 Å². The molecule has 2 atom stereocenters. The zero-order valence-electron chi connectivity index (χ0n) is 13.6. The smallest absolute Gasteiger partial charge is 0.0989 e. The number of benzene rings is 2. The van der Waals surface area contributed by atoms with E-state index >= 15 is 0 Å². The summed E-state index contributed by atoms with van der Waals surface area (Å²) in [5.74, 6) is 0. The highest BCUT2D eigenvalue weighted by molar-refractivity contribution is 6.97. The highest BCUT2D eigenvalue weighted by Crippen LogP contribution is 2.47. The Balaban J connectivity index is 1.83. The summed E-state index contributed by atoms with van der Waals surface area (Å²) in [7, 11) is -1.73. The molecule has 114 valence electrons. The Kier molecular flexibility index (Phi) is 3.46. The molecule has 2 aliphatic rings. The Hall–Kier alpha value is -2.12. The molecule has 0 radical (unpaired) electrons. The van der Waals surface area contributed by atoms with Gasteiger partial charge in [0.15, 0.2) is 0 Å². The minimum Gasteiger partial charge on any atom is -0.103 e. The summed E-state index contributed by atoms with van der Waals surface area (Å²) in [5, 5.41) is 1.62. The zero-order valence-corrected chi connectivity index (χ0v) is 14.6. The van der Waals surface area contributed by atoms with Crippen LogP contribution < -0.4 is 0 Å². The topological polar surface area (TPSA) is 0 Å². The zero-order chi connectivity index (χ0) is 15.9. The average molecular weight is 315 g/mol. The van der Waals surface area contributed by atoms with Crippen molar-refractivity contribution < 1.29 is 0 Å². The van der Waals surface area contributed by atoms with Crippen LogP contribution in [0.1, 0.15) is 27.8 Å². The summed E-state index contributed by atoms with van der Waals surface area (Å²) in [5.41, 5.74) is 6.43. The van der Waals surface area contributed by atoms with Crippen LogP contribution in [0.2, 0.25) is 12.6 Å². The van der Waals surface area contributed by atoms with E-state index in [1.165, 1.54) is 22.3 Å². The summed E-state index contributed by atoms with van der Waals surface area (Å²) in [6, 6.07) is 18.9. The molecule has 1 unspecified atom stereocenters. The fraction of sp³-hybridized carbons (Fsp3) is 0.182. The summed E-state index contributed by atoms with van der Waals surface area (Å²) >= 11 is 0. The van der Waals surface area contributed by atoms with E-state index in [-0.39, 0.29) is 0 Å². The number of hydrogen-bond acceptors (Lipinski definition) is 0. The first-order chi connectivity index (χ1) is 11.2. The molecule has 0 nitrogen and oxygen atoms in total. The van der Waals surface area contributed by atoms with E-state index in [9.17, 15) is 0 Å². The molecule has 2 aliphatic carbocycles. The predicted molar refractivity (Wildman–Crippen MR) is 103 cm³/mol. The van der Waals surface area contributed by atoms with Gasteiger partial charge >= 0.3 is 0 Å². The van der Waals surface area contributed by atoms with E-state index in [1.54, 1.807) is 5.20 Å². The number of fused-ring (bicyclic) bond motifs is 2. The lowest BCUT2D eigenvalue weighted by Crippen LogP contribution is -2.38. The standard InChI is InChI=1S/C22H22Si/c1-3-16-23(2,21-14-12-17-8-4-6-10-19(17)21)22-15-13-18-9-5-7-11-20(18)22/h3-12,14-15,21H,1,13,16H2,2H3/t21-,23?/m1/s1. The van der Waals surface area contributed by atoms with E-state index in [0.717, 1.165) is 12.5 Å². The Morgan fingerprint density at radius 3 is 2.78 bits per heavy atom. The van der Waals surface area contributed by atoms with Gasteiger partial charge in [0.1, 0.15) is 0 Å². The van der Waals surface area contributed by atoms with Gasteiger partial charge in [0.25, 0.3) is 0 Å². The minimum absolute atomic E-state index is 0.550. The lowest BCUT2D eigenvalue weighted by Gasteiger charge is -2.35. The molecule has 0 saturated heterocycles. The van der Waals surface area contributed by atoms with Crippen LogP contribution in [-0.2, 0) is 6.42 Å². The first-order valence-corrected chi connectivity index (χ1v) is 11.2. The third-order valence-corrected chi connectivity index (χ3v) is 10.2. The molecule has 0 heterocycles. The van der Waals surface area contributed by atoms with Crippen molar-refractivity contribution in [2.45, 2.75) is 24.6 Å². The van der Waals surface area contributed by atoms with Crippen LogP contribution in [0.5, 0.6) is 0 Å². The second kappa shape index (κ2) is 5.50. The van der Waals surface area contributed by atoms with Gasteiger partial charge in [0.05, 0.1) is 8.07 Å². The lowest BCUT2D eigenvalue weighted by molar-refractivity contribution is 1.16. The molecule has 0 N–H and O–H groups in total. The van der Waals surface area contributed by atoms with Crippen molar-refractivity contribution in [1.29, 1.82) is 0 Å². The molecule has 2 aromatic carbocycles. The van der Waals surface area contributed by atoms with Gasteiger partial charge in [-0.2, -0.15) is 0 Å². The van der Waals surface area contributed by atoms with Crippen LogP contribution in [0.3, 0.4) is 0 Å². The molecule has 0 spiro atoms. The monoisotopic (exact) mass is 314 g/mol. The van der Waals surface area contributed by atoms with Gasteiger partial charge < -0.3 is 0 Å². The number of hydrogen-bond donors (Lipinski definition) is 0. The SMILES string of the molecule is C=CC[Si](C)(C1=CCc2ccccc21)[C@@H]1C=Cc2ccccc21. The van der Waals surface area contributed by atoms with Gasteiger partial charge in [-0.25, -0.2) is 0 Å². The minimum atomic E-state index is -1.73. The summed E-state index contributed by atoms with van der Waals surface area (Å²) in [4.78, 5) is 0. The molecular formula is C22H22Si. The van der Waals surface area contributed by atoms with E-state index in [0.29, 0.717) is 5.54 Å². The van der Waals surface area contributed by atoms with E-state index < -0.39 is 8.07 Å². The molecule has 2 aromatic rings. The van der Waals surface area contributed by atoms with Crippen LogP contribution in [-0.4, -0.2) is 8.07 Å². The number of allylic oxidation sites excluding steroid dienone is 3. The lowest BCUT2D eigenvalue weighted by atomic mass is 10.1. The second-order valence-electron chi connectivity index (χ2n) is 6.86. The molecule has 0 aliphatic heterocycles. The van der Waals surface area contributed by atoms with Gasteiger partial charge in [-0.1, -0.05) is 84.6 Å². The van der Waals surface area contributed by atoms with Gasteiger partial charge in [-0.05, 0) is 34.7 Å². The molecule has 0 bridgehead atoms. The Morgan fingerprint density at radius 1 is 1.13 bits per heavy atom. The van der Waals surface area contributed by atoms with E-state index in [2.05, 4.69) is 86.0 Å². The van der Waals surface area contributed by atoms with Crippen molar-refractivity contribution in [2.75, 3.05) is 0 Å². The molecule has 0 fully saturated rings. The molecule has 4 rings (SSSR count). The Labute approximate surface area is 139 Å². The highest BCUT2D eigenvalue weighted by Gasteiger charge is 2.42. The highest BCUT2D eigenvalue weighted by atomic mass is 28.3. The first kappa shape index (κ1) is 14.5. The van der Waals surface area contributed by atoms with Crippen molar-refractivity contribution >= 4 is 19.3 Å². The summed E-state index contributed by atoms with van der Waals surface area (Å²) in [6.45, 7) is 6.63. The fourth-order valence-corrected chi connectivity index (χ4v) is 8.64. The third-order valence-electron chi connectivity index (χ3n) is 5.50. The van der Waals surface area contributed by atoms with Crippen molar-refractivity contribution in [3.8, 4) is 0 Å². The largest absolute Gasteiger partial charge is 0.103 e. The van der Waals surface area contributed by atoms with Gasteiger partial charge in [-0.15, -0.1) is 6.58 Å². The average Bonchev–Trinajstić information content (AvgIpc) is 3.20. The maximum absolute atomic E-state index is 4.08. The Morgan fingerprint density at radius 2 is 1.91 bits per heavy atom. The fourth-order valence-electron chi connectivity index (χ4n) is 4.33. The molecule has 23 heavy (non-hydrogen) atoms. The van der Waals surface area contributed by atoms with Crippen LogP contribution in [0.25, 0.3) is 11.3 Å². The van der Waals surface area contributed by atoms with Gasteiger partial charge in [0, 0.05) is 5.54 Å². The molecule has 0 amide bonds. The van der Waals surface area contributed by atoms with E-state index in [1.807, 2.05) is 0 Å². The van der Waals surface area contributed by atoms with E-state index in [4.69, 9.17) is 0 Å². The quantitative estimate of drug-likeness (QED) is 0.495. The van der Waals surface area contributed by atoms with Crippen LogP contribution in [0, 0.1) is 0 Å². The van der Waals surface area contributed by atoms with Crippen molar-refractivity contribution in [1.82, 2.24) is 0 Å². The first-order valence-electron chi connectivity index (χ1n) is 8.41. The van der Waals surface area contributed by atoms with Gasteiger partial charge in [-0.3, -0.25) is 0 Å². The maximum Gasteiger partial charge on any atom is 0.0989 e. The van der Waals surface area contributed by atoms with Crippen LogP contribution in [0.4, 0.5) is 0 Å². The second-order valence-corrected chi connectivity index (χ2v) is 11.3. The molecule has 1 heteroatoms. The Bertz CT molecular complexity index is 827. The normalized spacial score (nSPS) is 20.6. The van der Waals surface area contributed by atoms with Crippen LogP contribution >= 0.6 is 0 Å². The van der Waals surface area contributed by atoms with Crippen molar-refractivity contribution in [3.05, 3.63) is 95.6 Å². The van der Waals surface area contributed by atoms with Gasteiger partial charge in [0.2, 0.25) is 0 Å². The molecule has 0 aromatic heterocycles. The third kappa shape index (κ3) is 2.19. The maximum atomic E-state index is 4.08. The number of rotatable bonds is 4. The predicted octanol–water partition coefficient (Wildman–Crippen LogP) is 5.78. The van der Waals surface area contributed by atoms with Crippen molar-refractivity contribution in [2.24, 2.45) is 0 Å². The molecular weight excluding hydrogens is 292 g/mol. The summed E-state index contributed by atoms with van der Waals surface area (Å²) < 4.78 is 0.